The van der Waals surface area contributed by atoms with Crippen LogP contribution in [0.3, 0.4) is 0 Å². The number of nitrogens with zero attached hydrogens (tertiary/aromatic N) is 1. The van der Waals surface area contributed by atoms with Crippen LogP contribution >= 0.6 is 11.6 Å². The number of hydrogen-bond donors (Lipinski definition) is 2. The standard InChI is InChI=1S/C10H12ClNO2/c11-5-6-12-9(13)7-3-1-2-4-8(7)10(12)14/h1-4,9-10,13-14H,5-6H2. The lowest BCUT2D eigenvalue weighted by molar-refractivity contribution is -0.0803. The summed E-state index contributed by atoms with van der Waals surface area (Å²) in [7, 11) is 0. The third-order valence-corrected chi connectivity index (χ3v) is 2.69. The zero-order valence-electron chi connectivity index (χ0n) is 7.60. The van der Waals surface area contributed by atoms with Crippen LogP contribution in [0.1, 0.15) is 23.6 Å². The second kappa shape index (κ2) is 3.87. The molecule has 0 bridgehead atoms. The number of hydrogen-bond acceptors (Lipinski definition) is 3. The zero-order valence-corrected chi connectivity index (χ0v) is 8.35. The largest absolute Gasteiger partial charge is 0.374 e. The SMILES string of the molecule is OC1c2ccccc2C(O)N1CCCl. The number of rotatable bonds is 2. The maximum atomic E-state index is 9.85. The second-order valence-corrected chi connectivity index (χ2v) is 3.68. The molecule has 1 aliphatic heterocycles. The summed E-state index contributed by atoms with van der Waals surface area (Å²) in [6, 6.07) is 7.33. The Hall–Kier alpha value is -0.610. The van der Waals surface area contributed by atoms with Crippen LogP contribution in [-0.4, -0.2) is 27.5 Å². The summed E-state index contributed by atoms with van der Waals surface area (Å²) in [5.74, 6) is 0.391. The van der Waals surface area contributed by atoms with E-state index in [1.165, 1.54) is 0 Å². The molecule has 1 heterocycles. The van der Waals surface area contributed by atoms with Gasteiger partial charge in [0, 0.05) is 23.6 Å². The van der Waals surface area contributed by atoms with Gasteiger partial charge in [-0.25, -0.2) is 4.90 Å². The highest BCUT2D eigenvalue weighted by Crippen LogP contribution is 2.38. The number of aliphatic hydroxyl groups excluding tert-OH is 2. The highest BCUT2D eigenvalue weighted by atomic mass is 35.5. The molecule has 14 heavy (non-hydrogen) atoms. The van der Waals surface area contributed by atoms with Crippen molar-refractivity contribution in [1.82, 2.24) is 4.90 Å². The number of alkyl halides is 1. The highest BCUT2D eigenvalue weighted by molar-refractivity contribution is 6.18. The molecule has 1 aliphatic rings. The number of fused-ring (bicyclic) bond motifs is 1. The Kier molecular flexibility index (Phi) is 2.74. The number of aliphatic hydroxyl groups is 2. The molecule has 4 heteroatoms. The Labute approximate surface area is 87.5 Å². The lowest BCUT2D eigenvalue weighted by Gasteiger charge is -2.22. The third-order valence-electron chi connectivity index (χ3n) is 2.52. The van der Waals surface area contributed by atoms with Crippen molar-refractivity contribution in [1.29, 1.82) is 0 Å². The van der Waals surface area contributed by atoms with Crippen LogP contribution in [0, 0.1) is 0 Å². The van der Waals surface area contributed by atoms with Crippen LogP contribution < -0.4 is 0 Å². The summed E-state index contributed by atoms with van der Waals surface area (Å²) in [5, 5.41) is 19.7. The fourth-order valence-corrected chi connectivity index (χ4v) is 2.01. The first-order valence-electron chi connectivity index (χ1n) is 4.52. The van der Waals surface area contributed by atoms with Crippen LogP contribution in [-0.2, 0) is 0 Å². The lowest BCUT2D eigenvalue weighted by Crippen LogP contribution is -2.28. The van der Waals surface area contributed by atoms with Gasteiger partial charge in [0.25, 0.3) is 0 Å². The average molecular weight is 214 g/mol. The van der Waals surface area contributed by atoms with E-state index in [4.69, 9.17) is 11.6 Å². The van der Waals surface area contributed by atoms with Crippen molar-refractivity contribution < 1.29 is 10.2 Å². The van der Waals surface area contributed by atoms with E-state index in [2.05, 4.69) is 0 Å². The fourth-order valence-electron chi connectivity index (χ4n) is 1.81. The van der Waals surface area contributed by atoms with Crippen molar-refractivity contribution in [2.24, 2.45) is 0 Å². The van der Waals surface area contributed by atoms with Crippen LogP contribution in [0.2, 0.25) is 0 Å². The van der Waals surface area contributed by atoms with Gasteiger partial charge in [-0.15, -0.1) is 11.6 Å². The molecule has 0 saturated carbocycles. The van der Waals surface area contributed by atoms with E-state index in [0.717, 1.165) is 11.1 Å². The average Bonchev–Trinajstić information content (AvgIpc) is 2.45. The van der Waals surface area contributed by atoms with Crippen molar-refractivity contribution >= 4 is 11.6 Å². The van der Waals surface area contributed by atoms with Crippen LogP contribution in [0.4, 0.5) is 0 Å². The molecule has 0 radical (unpaired) electrons. The molecule has 0 aromatic heterocycles. The molecular formula is C10H12ClNO2. The van der Waals surface area contributed by atoms with Gasteiger partial charge in [-0.2, -0.15) is 0 Å². The van der Waals surface area contributed by atoms with Crippen molar-refractivity contribution in [3.05, 3.63) is 35.4 Å². The first-order chi connectivity index (χ1) is 6.75. The van der Waals surface area contributed by atoms with Gasteiger partial charge in [0.2, 0.25) is 0 Å². The van der Waals surface area contributed by atoms with Gasteiger partial charge in [0.05, 0.1) is 0 Å². The minimum Gasteiger partial charge on any atom is -0.374 e. The summed E-state index contributed by atoms with van der Waals surface area (Å²) in [6.45, 7) is 0.471. The highest BCUT2D eigenvalue weighted by Gasteiger charge is 2.35. The summed E-state index contributed by atoms with van der Waals surface area (Å²) in [6.07, 6.45) is -1.47. The Morgan fingerprint density at radius 3 is 2.07 bits per heavy atom. The summed E-state index contributed by atoms with van der Waals surface area (Å²) in [5.41, 5.74) is 1.54. The molecule has 2 atom stereocenters. The molecule has 1 aromatic carbocycles. The summed E-state index contributed by atoms with van der Waals surface area (Å²) in [4.78, 5) is 1.57. The minimum absolute atomic E-state index is 0.391. The molecule has 2 rings (SSSR count). The second-order valence-electron chi connectivity index (χ2n) is 3.30. The van der Waals surface area contributed by atoms with E-state index < -0.39 is 12.5 Å². The van der Waals surface area contributed by atoms with Gasteiger partial charge in [0.1, 0.15) is 12.5 Å². The Morgan fingerprint density at radius 1 is 1.14 bits per heavy atom. The molecule has 3 nitrogen and oxygen atoms in total. The van der Waals surface area contributed by atoms with E-state index in [1.807, 2.05) is 24.3 Å². The van der Waals surface area contributed by atoms with E-state index in [1.54, 1.807) is 4.90 Å². The van der Waals surface area contributed by atoms with E-state index in [0.29, 0.717) is 12.4 Å². The van der Waals surface area contributed by atoms with Crippen molar-refractivity contribution in [2.75, 3.05) is 12.4 Å². The quantitative estimate of drug-likeness (QED) is 0.727. The monoisotopic (exact) mass is 213 g/mol. The molecule has 0 amide bonds. The maximum absolute atomic E-state index is 9.85. The molecule has 0 saturated heterocycles. The van der Waals surface area contributed by atoms with Gasteiger partial charge >= 0.3 is 0 Å². The topological polar surface area (TPSA) is 43.7 Å². The van der Waals surface area contributed by atoms with Gasteiger partial charge in [0.15, 0.2) is 0 Å². The molecule has 0 spiro atoms. The van der Waals surface area contributed by atoms with E-state index in [-0.39, 0.29) is 0 Å². The molecule has 2 unspecified atom stereocenters. The smallest absolute Gasteiger partial charge is 0.136 e. The predicted molar refractivity (Wildman–Crippen MR) is 53.8 cm³/mol. The van der Waals surface area contributed by atoms with Crippen LogP contribution in [0.25, 0.3) is 0 Å². The Morgan fingerprint density at radius 2 is 1.64 bits per heavy atom. The lowest BCUT2D eigenvalue weighted by atomic mass is 10.1. The van der Waals surface area contributed by atoms with E-state index in [9.17, 15) is 10.2 Å². The molecule has 1 aromatic rings. The minimum atomic E-state index is -0.736. The Balaban J connectivity index is 2.33. The molecule has 0 aliphatic carbocycles. The molecule has 2 N–H and O–H groups in total. The Bertz CT molecular complexity index is 303. The first kappa shape index (κ1) is 9.93. The van der Waals surface area contributed by atoms with Gasteiger partial charge < -0.3 is 10.2 Å². The maximum Gasteiger partial charge on any atom is 0.136 e. The molecule has 0 fully saturated rings. The fraction of sp³-hybridized carbons (Fsp3) is 0.400. The first-order valence-corrected chi connectivity index (χ1v) is 5.06. The summed E-state index contributed by atoms with van der Waals surface area (Å²) >= 11 is 5.59. The van der Waals surface area contributed by atoms with Crippen LogP contribution in [0.15, 0.2) is 24.3 Å². The third kappa shape index (κ3) is 1.42. The summed E-state index contributed by atoms with van der Waals surface area (Å²) < 4.78 is 0. The zero-order chi connectivity index (χ0) is 10.1. The number of benzene rings is 1. The van der Waals surface area contributed by atoms with Gasteiger partial charge in [-0.1, -0.05) is 24.3 Å². The predicted octanol–water partition coefficient (Wildman–Crippen LogP) is 1.22. The van der Waals surface area contributed by atoms with Crippen LogP contribution in [0.5, 0.6) is 0 Å². The van der Waals surface area contributed by atoms with Crippen molar-refractivity contribution in [3.63, 3.8) is 0 Å². The van der Waals surface area contributed by atoms with E-state index >= 15 is 0 Å². The molecule has 76 valence electrons. The van der Waals surface area contributed by atoms with Crippen molar-refractivity contribution in [2.45, 2.75) is 12.5 Å². The normalized spacial score (nSPS) is 26.5. The van der Waals surface area contributed by atoms with Gasteiger partial charge in [-0.05, 0) is 0 Å². The van der Waals surface area contributed by atoms with Gasteiger partial charge in [-0.3, -0.25) is 0 Å². The number of halogens is 1. The van der Waals surface area contributed by atoms with Crippen molar-refractivity contribution in [3.8, 4) is 0 Å². The molecular weight excluding hydrogens is 202 g/mol.